The van der Waals surface area contributed by atoms with Crippen LogP contribution < -0.4 is 11.1 Å². The molecule has 0 radical (unpaired) electrons. The first-order valence-electron chi connectivity index (χ1n) is 9.48. The van der Waals surface area contributed by atoms with Crippen LogP contribution in [0.4, 0.5) is 5.69 Å². The Labute approximate surface area is 177 Å². The van der Waals surface area contributed by atoms with Crippen molar-refractivity contribution < 1.29 is 14.3 Å². The number of anilines is 1. The summed E-state index contributed by atoms with van der Waals surface area (Å²) in [5.74, 6) is -0.688. The predicted octanol–water partition coefficient (Wildman–Crippen LogP) is 3.65. The number of ether oxygens (including phenoxy) is 1. The third-order valence-corrected chi connectivity index (χ3v) is 6.24. The lowest BCUT2D eigenvalue weighted by Crippen LogP contribution is -2.47. The molecule has 3 N–H and O–H groups in total. The van der Waals surface area contributed by atoms with Gasteiger partial charge in [0.1, 0.15) is 22.8 Å². The first kappa shape index (κ1) is 18.5. The summed E-state index contributed by atoms with van der Waals surface area (Å²) < 4.78 is 5.78. The lowest BCUT2D eigenvalue weighted by atomic mass is 9.63. The van der Waals surface area contributed by atoms with E-state index in [1.807, 2.05) is 24.3 Å². The van der Waals surface area contributed by atoms with Crippen LogP contribution in [0.1, 0.15) is 29.9 Å². The van der Waals surface area contributed by atoms with E-state index >= 15 is 0 Å². The van der Waals surface area contributed by atoms with Gasteiger partial charge in [-0.05, 0) is 29.7 Å². The molecule has 2 heterocycles. The highest BCUT2D eigenvalue weighted by molar-refractivity contribution is 6.30. The third kappa shape index (κ3) is 2.36. The number of nitriles is 1. The topological polar surface area (TPSA) is 105 Å². The van der Waals surface area contributed by atoms with Gasteiger partial charge < -0.3 is 15.8 Å². The van der Waals surface area contributed by atoms with Crippen molar-refractivity contribution >= 4 is 29.0 Å². The summed E-state index contributed by atoms with van der Waals surface area (Å²) in [4.78, 5) is 26.8. The van der Waals surface area contributed by atoms with Crippen LogP contribution in [-0.4, -0.2) is 11.7 Å². The smallest absolute Gasteiger partial charge is 0.245 e. The number of fused-ring (bicyclic) bond motifs is 3. The maximum absolute atomic E-state index is 13.5. The summed E-state index contributed by atoms with van der Waals surface area (Å²) in [5, 5.41) is 13.3. The van der Waals surface area contributed by atoms with Crippen molar-refractivity contribution in [2.45, 2.75) is 24.2 Å². The number of nitrogens with zero attached hydrogens (tertiary/aromatic N) is 1. The summed E-state index contributed by atoms with van der Waals surface area (Å²) in [6.07, 6.45) is 0.552. The second kappa shape index (κ2) is 6.48. The van der Waals surface area contributed by atoms with Crippen LogP contribution in [0.2, 0.25) is 5.02 Å². The molecule has 2 atom stereocenters. The van der Waals surface area contributed by atoms with Crippen molar-refractivity contribution in [3.8, 4) is 6.07 Å². The SMILES string of the molecule is N#CC1=C(N)OC2=C(C(=O)CC(c3cccc(Cl)c3)C2)C12C(=O)Nc1ccccc12. The van der Waals surface area contributed by atoms with Crippen molar-refractivity contribution in [3.63, 3.8) is 0 Å². The molecule has 2 aromatic rings. The largest absolute Gasteiger partial charge is 0.444 e. The average molecular weight is 418 g/mol. The van der Waals surface area contributed by atoms with Crippen LogP contribution >= 0.6 is 11.6 Å². The number of ketones is 1. The van der Waals surface area contributed by atoms with Crippen LogP contribution in [0.15, 0.2) is 71.3 Å². The lowest BCUT2D eigenvalue weighted by Gasteiger charge is -2.38. The molecule has 0 fully saturated rings. The molecule has 0 saturated carbocycles. The summed E-state index contributed by atoms with van der Waals surface area (Å²) in [7, 11) is 0. The van der Waals surface area contributed by atoms with Crippen molar-refractivity contribution in [1.29, 1.82) is 5.26 Å². The number of halogens is 1. The molecular formula is C23H16ClN3O3. The third-order valence-electron chi connectivity index (χ3n) is 6.00. The van der Waals surface area contributed by atoms with Crippen LogP contribution in [0.5, 0.6) is 0 Å². The van der Waals surface area contributed by atoms with Gasteiger partial charge in [-0.25, -0.2) is 0 Å². The number of nitrogens with one attached hydrogen (secondary N) is 1. The summed E-state index contributed by atoms with van der Waals surface area (Å²) in [5.41, 5.74) is 6.68. The first-order valence-corrected chi connectivity index (χ1v) is 9.86. The van der Waals surface area contributed by atoms with Gasteiger partial charge >= 0.3 is 0 Å². The van der Waals surface area contributed by atoms with Crippen LogP contribution in [0.3, 0.4) is 0 Å². The van der Waals surface area contributed by atoms with E-state index in [0.29, 0.717) is 28.5 Å². The second-order valence-electron chi connectivity index (χ2n) is 7.58. The zero-order valence-corrected chi connectivity index (χ0v) is 16.5. The number of hydrogen-bond donors (Lipinski definition) is 2. The Hall–Kier alpha value is -3.56. The molecule has 7 heteroatoms. The number of rotatable bonds is 1. The fraction of sp³-hybridized carbons (Fsp3) is 0.174. The molecule has 30 heavy (non-hydrogen) atoms. The molecule has 5 rings (SSSR count). The molecule has 0 bridgehead atoms. The fourth-order valence-corrected chi connectivity index (χ4v) is 4.97. The standard InChI is InChI=1S/C23H16ClN3O3/c24-14-5-3-4-12(8-14)13-9-18(28)20-19(10-13)30-21(26)16(11-25)23(20)15-6-1-2-7-17(15)27-22(23)29/h1-8,13H,9-10,26H2,(H,27,29). The summed E-state index contributed by atoms with van der Waals surface area (Å²) >= 11 is 6.13. The van der Waals surface area contributed by atoms with Crippen molar-refractivity contribution in [1.82, 2.24) is 0 Å². The quantitative estimate of drug-likeness (QED) is 0.736. The van der Waals surface area contributed by atoms with E-state index in [0.717, 1.165) is 5.56 Å². The van der Waals surface area contributed by atoms with Crippen molar-refractivity contribution in [2.75, 3.05) is 5.32 Å². The van der Waals surface area contributed by atoms with E-state index in [1.54, 1.807) is 30.3 Å². The van der Waals surface area contributed by atoms with Gasteiger partial charge in [0.15, 0.2) is 5.78 Å². The van der Waals surface area contributed by atoms with E-state index in [4.69, 9.17) is 22.1 Å². The van der Waals surface area contributed by atoms with E-state index in [2.05, 4.69) is 5.32 Å². The van der Waals surface area contributed by atoms with Crippen molar-refractivity contribution in [3.05, 3.63) is 87.5 Å². The number of Topliss-reactive ketones (excluding diaryl/α,β-unsaturated/α-hetero) is 1. The zero-order chi connectivity index (χ0) is 21.0. The highest BCUT2D eigenvalue weighted by Crippen LogP contribution is 2.55. The van der Waals surface area contributed by atoms with Gasteiger partial charge in [0.05, 0.1) is 5.57 Å². The molecule has 1 amide bonds. The van der Waals surface area contributed by atoms with Gasteiger partial charge in [0, 0.05) is 29.1 Å². The first-order chi connectivity index (χ1) is 14.5. The van der Waals surface area contributed by atoms with E-state index in [1.165, 1.54) is 0 Å². The number of para-hydroxylation sites is 1. The number of amides is 1. The molecule has 0 saturated heterocycles. The number of nitrogens with two attached hydrogens (primary N) is 1. The molecule has 2 unspecified atom stereocenters. The van der Waals surface area contributed by atoms with E-state index in [9.17, 15) is 14.9 Å². The number of carbonyl (C=O) groups is 2. The van der Waals surface area contributed by atoms with Gasteiger partial charge in [-0.3, -0.25) is 9.59 Å². The number of allylic oxidation sites excluding steroid dienone is 1. The zero-order valence-electron chi connectivity index (χ0n) is 15.7. The highest BCUT2D eigenvalue weighted by atomic mass is 35.5. The predicted molar refractivity (Wildman–Crippen MR) is 110 cm³/mol. The molecule has 2 aromatic carbocycles. The Bertz CT molecular complexity index is 1240. The lowest BCUT2D eigenvalue weighted by molar-refractivity contribution is -0.123. The molecule has 148 valence electrons. The monoisotopic (exact) mass is 417 g/mol. The minimum absolute atomic E-state index is 0.0572. The Kier molecular flexibility index (Phi) is 3.99. The molecule has 3 aliphatic rings. The molecule has 1 aliphatic carbocycles. The van der Waals surface area contributed by atoms with Gasteiger partial charge in [0.2, 0.25) is 11.8 Å². The number of hydrogen-bond acceptors (Lipinski definition) is 5. The number of carbonyl (C=O) groups excluding carboxylic acids is 2. The van der Waals surface area contributed by atoms with E-state index in [-0.39, 0.29) is 35.2 Å². The fourth-order valence-electron chi connectivity index (χ4n) is 4.77. The Morgan fingerprint density at radius 3 is 2.73 bits per heavy atom. The summed E-state index contributed by atoms with van der Waals surface area (Å²) in [6.45, 7) is 0. The van der Waals surface area contributed by atoms with Gasteiger partial charge in [-0.15, -0.1) is 0 Å². The average Bonchev–Trinajstić information content (AvgIpc) is 3.00. The van der Waals surface area contributed by atoms with Crippen LogP contribution in [0.25, 0.3) is 0 Å². The van der Waals surface area contributed by atoms with Crippen LogP contribution in [0, 0.1) is 11.3 Å². The van der Waals surface area contributed by atoms with Gasteiger partial charge in [-0.1, -0.05) is 41.9 Å². The normalized spacial score (nSPS) is 24.9. The molecule has 1 spiro atoms. The number of benzene rings is 2. The van der Waals surface area contributed by atoms with Gasteiger partial charge in [0.25, 0.3) is 0 Å². The Morgan fingerprint density at radius 1 is 1.17 bits per heavy atom. The maximum Gasteiger partial charge on any atom is 0.245 e. The molecule has 2 aliphatic heterocycles. The Morgan fingerprint density at radius 2 is 1.97 bits per heavy atom. The maximum atomic E-state index is 13.5. The van der Waals surface area contributed by atoms with Gasteiger partial charge in [-0.2, -0.15) is 5.26 Å². The van der Waals surface area contributed by atoms with E-state index < -0.39 is 11.3 Å². The highest BCUT2D eigenvalue weighted by Gasteiger charge is 2.60. The van der Waals surface area contributed by atoms with Crippen molar-refractivity contribution in [2.24, 2.45) is 5.73 Å². The van der Waals surface area contributed by atoms with Crippen LogP contribution in [-0.2, 0) is 19.7 Å². The minimum atomic E-state index is -1.58. The Balaban J connectivity index is 1.72. The molecular weight excluding hydrogens is 402 g/mol. The second-order valence-corrected chi connectivity index (χ2v) is 8.02. The molecule has 6 nitrogen and oxygen atoms in total. The minimum Gasteiger partial charge on any atom is -0.444 e. The molecule has 0 aromatic heterocycles. The summed E-state index contributed by atoms with van der Waals surface area (Å²) in [6, 6.07) is 16.4.